The van der Waals surface area contributed by atoms with E-state index in [-0.39, 0.29) is 11.9 Å². The zero-order valence-electron chi connectivity index (χ0n) is 10.4. The molecule has 2 atom stereocenters. The fourth-order valence-corrected chi connectivity index (χ4v) is 5.10. The van der Waals surface area contributed by atoms with Gasteiger partial charge in [0.1, 0.15) is 0 Å². The van der Waals surface area contributed by atoms with Crippen LogP contribution in [0.1, 0.15) is 23.7 Å². The first kappa shape index (κ1) is 14.5. The van der Waals surface area contributed by atoms with Crippen molar-refractivity contribution in [1.29, 1.82) is 0 Å². The maximum Gasteiger partial charge on any atom is 0.253 e. The highest BCUT2D eigenvalue weighted by atomic mass is 79.9. The number of rotatable bonds is 2. The molecule has 100 valence electrons. The molecule has 2 heterocycles. The van der Waals surface area contributed by atoms with Crippen LogP contribution in [0.5, 0.6) is 0 Å². The highest BCUT2D eigenvalue weighted by Crippen LogP contribution is 2.32. The Bertz CT molecular complexity index is 449. The molecule has 18 heavy (non-hydrogen) atoms. The number of carbonyl (C=O) groups is 1. The molecule has 3 nitrogen and oxygen atoms in total. The van der Waals surface area contributed by atoms with Gasteiger partial charge < -0.3 is 10.2 Å². The molecule has 6 heteroatoms. The van der Waals surface area contributed by atoms with Gasteiger partial charge in [0.15, 0.2) is 0 Å². The zero-order chi connectivity index (χ0) is 13.3. The van der Waals surface area contributed by atoms with Crippen LogP contribution in [0.15, 0.2) is 13.6 Å². The van der Waals surface area contributed by atoms with Crippen molar-refractivity contribution in [2.75, 3.05) is 20.1 Å². The van der Waals surface area contributed by atoms with Gasteiger partial charge in [0, 0.05) is 12.6 Å². The molecule has 0 saturated carbocycles. The summed E-state index contributed by atoms with van der Waals surface area (Å²) >= 11 is 8.35. The molecule has 1 aromatic rings. The fourth-order valence-electron chi connectivity index (χ4n) is 2.31. The van der Waals surface area contributed by atoms with E-state index in [1.165, 1.54) is 11.3 Å². The molecule has 1 amide bonds. The van der Waals surface area contributed by atoms with Crippen LogP contribution in [0, 0.1) is 5.92 Å². The van der Waals surface area contributed by atoms with Gasteiger partial charge in [-0.05, 0) is 63.9 Å². The van der Waals surface area contributed by atoms with E-state index >= 15 is 0 Å². The molecule has 2 unspecified atom stereocenters. The average Bonchev–Trinajstić information content (AvgIpc) is 2.62. The summed E-state index contributed by atoms with van der Waals surface area (Å²) in [5.74, 6) is 0.513. The van der Waals surface area contributed by atoms with E-state index in [0.717, 1.165) is 32.6 Å². The molecule has 0 spiro atoms. The van der Waals surface area contributed by atoms with Gasteiger partial charge in [0.2, 0.25) is 0 Å². The number of amides is 1. The van der Waals surface area contributed by atoms with Crippen molar-refractivity contribution in [2.45, 2.75) is 19.4 Å². The number of nitrogens with zero attached hydrogens (tertiary/aromatic N) is 1. The molecule has 0 radical (unpaired) electrons. The van der Waals surface area contributed by atoms with Gasteiger partial charge in [-0.25, -0.2) is 0 Å². The quantitative estimate of drug-likeness (QED) is 0.832. The maximum absolute atomic E-state index is 12.2. The van der Waals surface area contributed by atoms with Gasteiger partial charge in [-0.2, -0.15) is 0 Å². The molecule has 2 rings (SSSR count). The lowest BCUT2D eigenvalue weighted by molar-refractivity contribution is 0.0883. The second kappa shape index (κ2) is 6.03. The molecule has 1 aliphatic rings. The minimum absolute atomic E-state index is 0.0187. The van der Waals surface area contributed by atoms with Gasteiger partial charge in [0.05, 0.1) is 13.1 Å². The second-order valence-corrected chi connectivity index (χ2v) is 8.60. The van der Waals surface area contributed by atoms with E-state index in [2.05, 4.69) is 56.0 Å². The van der Waals surface area contributed by atoms with Gasteiger partial charge in [-0.1, -0.05) is 6.92 Å². The van der Waals surface area contributed by atoms with Crippen LogP contribution in [0.2, 0.25) is 0 Å². The van der Waals surface area contributed by atoms with Crippen LogP contribution in [-0.4, -0.2) is 37.0 Å². The Morgan fingerprint density at radius 1 is 1.56 bits per heavy atom. The number of nitrogens with one attached hydrogen (secondary N) is 1. The first-order chi connectivity index (χ1) is 8.47. The molecule has 1 aromatic heterocycles. The van der Waals surface area contributed by atoms with E-state index in [0.29, 0.717) is 5.92 Å². The van der Waals surface area contributed by atoms with Crippen LogP contribution in [0.4, 0.5) is 0 Å². The van der Waals surface area contributed by atoms with Crippen molar-refractivity contribution in [2.24, 2.45) is 5.92 Å². The number of halogens is 2. The van der Waals surface area contributed by atoms with Crippen LogP contribution < -0.4 is 5.32 Å². The third-order valence-electron chi connectivity index (χ3n) is 3.33. The summed E-state index contributed by atoms with van der Waals surface area (Å²) in [6, 6.07) is 2.14. The summed E-state index contributed by atoms with van der Waals surface area (Å²) in [4.78, 5) is 14.5. The Hall–Kier alpha value is 0.0900. The molecule has 1 N–H and O–H groups in total. The van der Waals surface area contributed by atoms with E-state index < -0.39 is 0 Å². The fraction of sp³-hybridized carbons (Fsp3) is 0.583. The SMILES string of the molecule is CC1CN(C)CCC1NC(=O)c1cc(Br)sc1Br. The molecule has 1 fully saturated rings. The first-order valence-electron chi connectivity index (χ1n) is 5.91. The third kappa shape index (κ3) is 3.35. The van der Waals surface area contributed by atoms with Crippen LogP contribution in [0.25, 0.3) is 0 Å². The summed E-state index contributed by atoms with van der Waals surface area (Å²) in [6.45, 7) is 4.28. The van der Waals surface area contributed by atoms with Crippen LogP contribution in [-0.2, 0) is 0 Å². The highest BCUT2D eigenvalue weighted by molar-refractivity contribution is 9.12. The first-order valence-corrected chi connectivity index (χ1v) is 8.32. The zero-order valence-corrected chi connectivity index (χ0v) is 14.4. The second-order valence-electron chi connectivity index (χ2n) is 4.85. The molecule has 0 bridgehead atoms. The predicted molar refractivity (Wildman–Crippen MR) is 82.3 cm³/mol. The number of piperidine rings is 1. The summed E-state index contributed by atoms with van der Waals surface area (Å²) in [5, 5.41) is 3.15. The molecule has 1 saturated heterocycles. The van der Waals surface area contributed by atoms with Gasteiger partial charge in [-0.15, -0.1) is 11.3 Å². The number of hydrogen-bond acceptors (Lipinski definition) is 3. The van der Waals surface area contributed by atoms with E-state index in [1.54, 1.807) is 0 Å². The lowest BCUT2D eigenvalue weighted by atomic mass is 9.94. The van der Waals surface area contributed by atoms with Crippen molar-refractivity contribution < 1.29 is 4.79 Å². The van der Waals surface area contributed by atoms with E-state index in [4.69, 9.17) is 0 Å². The number of likely N-dealkylation sites (tertiary alicyclic amines) is 1. The van der Waals surface area contributed by atoms with E-state index in [9.17, 15) is 4.79 Å². The minimum atomic E-state index is 0.0187. The Morgan fingerprint density at radius 2 is 2.28 bits per heavy atom. The summed E-state index contributed by atoms with van der Waals surface area (Å²) in [5.41, 5.74) is 0.720. The molecular formula is C12H16Br2N2OS. The van der Waals surface area contributed by atoms with Crippen molar-refractivity contribution in [3.8, 4) is 0 Å². The number of thiophene rings is 1. The Morgan fingerprint density at radius 3 is 2.83 bits per heavy atom. The minimum Gasteiger partial charge on any atom is -0.349 e. The van der Waals surface area contributed by atoms with Crippen LogP contribution >= 0.6 is 43.2 Å². The van der Waals surface area contributed by atoms with Gasteiger partial charge >= 0.3 is 0 Å². The average molecular weight is 396 g/mol. The van der Waals surface area contributed by atoms with Crippen molar-refractivity contribution >= 4 is 49.1 Å². The Kier molecular flexibility index (Phi) is 4.86. The molecular weight excluding hydrogens is 380 g/mol. The van der Waals surface area contributed by atoms with Gasteiger partial charge in [0.25, 0.3) is 5.91 Å². The Balaban J connectivity index is 2.01. The summed E-state index contributed by atoms with van der Waals surface area (Å²) in [6.07, 6.45) is 1.02. The van der Waals surface area contributed by atoms with Crippen molar-refractivity contribution in [3.63, 3.8) is 0 Å². The molecule has 1 aliphatic heterocycles. The number of hydrogen-bond donors (Lipinski definition) is 1. The Labute approximate surface area is 128 Å². The third-order valence-corrected chi connectivity index (χ3v) is 5.67. The lowest BCUT2D eigenvalue weighted by Gasteiger charge is -2.35. The lowest BCUT2D eigenvalue weighted by Crippen LogP contribution is -2.48. The van der Waals surface area contributed by atoms with E-state index in [1.807, 2.05) is 6.07 Å². The monoisotopic (exact) mass is 394 g/mol. The molecule has 0 aromatic carbocycles. The highest BCUT2D eigenvalue weighted by Gasteiger charge is 2.26. The predicted octanol–water partition coefficient (Wildman–Crippen LogP) is 3.34. The normalized spacial score (nSPS) is 25.1. The van der Waals surface area contributed by atoms with Gasteiger partial charge in [-0.3, -0.25) is 4.79 Å². The largest absolute Gasteiger partial charge is 0.349 e. The van der Waals surface area contributed by atoms with Crippen LogP contribution in [0.3, 0.4) is 0 Å². The van der Waals surface area contributed by atoms with Crippen molar-refractivity contribution in [1.82, 2.24) is 10.2 Å². The smallest absolute Gasteiger partial charge is 0.253 e. The topological polar surface area (TPSA) is 32.3 Å². The molecule has 0 aliphatic carbocycles. The number of carbonyl (C=O) groups excluding carboxylic acids is 1. The summed E-state index contributed by atoms with van der Waals surface area (Å²) in [7, 11) is 2.13. The summed E-state index contributed by atoms with van der Waals surface area (Å²) < 4.78 is 1.85. The van der Waals surface area contributed by atoms with Crippen molar-refractivity contribution in [3.05, 3.63) is 19.2 Å². The maximum atomic E-state index is 12.2. The standard InChI is InChI=1S/C12H16Br2N2OS/c1-7-6-16(2)4-3-9(7)15-12(17)8-5-10(13)18-11(8)14/h5,7,9H,3-4,6H2,1-2H3,(H,15,17).